The minimum atomic E-state index is -2.50. The molecule has 0 amide bonds. The van der Waals surface area contributed by atoms with E-state index in [1.54, 1.807) is 0 Å². The third kappa shape index (κ3) is 2.16. The van der Waals surface area contributed by atoms with Crippen LogP contribution < -0.4 is 5.30 Å². The fourth-order valence-corrected chi connectivity index (χ4v) is 3.12. The average Bonchev–Trinajstić information content (AvgIpc) is 2.09. The molecule has 0 saturated carbocycles. The lowest BCUT2D eigenvalue weighted by atomic mass is 10.3. The van der Waals surface area contributed by atoms with Gasteiger partial charge in [-0.25, -0.2) is 13.2 Å². The third-order valence-electron chi connectivity index (χ3n) is 1.72. The van der Waals surface area contributed by atoms with Crippen molar-refractivity contribution in [3.8, 4) is 0 Å². The summed E-state index contributed by atoms with van der Waals surface area (Å²) in [7, 11) is 0. The van der Waals surface area contributed by atoms with Gasteiger partial charge in [0.25, 0.3) is 0 Å². The van der Waals surface area contributed by atoms with E-state index in [4.69, 9.17) is 0 Å². The zero-order valence-electron chi connectivity index (χ0n) is 7.72. The molecule has 84 valence electrons. The van der Waals surface area contributed by atoms with Crippen LogP contribution in [-0.4, -0.2) is 13.3 Å². The number of hydrogen-bond donors (Lipinski definition) is 0. The second kappa shape index (κ2) is 3.98. The lowest BCUT2D eigenvalue weighted by molar-refractivity contribution is 0.384. The van der Waals surface area contributed by atoms with Gasteiger partial charge in [0, 0.05) is 0 Å². The molecule has 0 radical (unpaired) electrons. The minimum Gasteiger partial charge on any atom is -0.200 e. The van der Waals surface area contributed by atoms with Gasteiger partial charge >= 0.3 is 0 Å². The van der Waals surface area contributed by atoms with Gasteiger partial charge in [0.1, 0.15) is 21.5 Å². The predicted octanol–water partition coefficient (Wildman–Crippen LogP) is 3.59. The smallest absolute Gasteiger partial charge is 0.200 e. The van der Waals surface area contributed by atoms with E-state index in [1.807, 2.05) is 0 Å². The van der Waals surface area contributed by atoms with Crippen molar-refractivity contribution < 1.29 is 22.0 Å². The van der Waals surface area contributed by atoms with Crippen LogP contribution in [0.2, 0.25) is 0 Å². The minimum absolute atomic E-state index is 0.765. The standard InChI is InChI=1S/C8H6BrF5P/c1-15(2,9)8-6(13)4(11)3(10)5(12)7(8)14/h1-2H3/q+1. The van der Waals surface area contributed by atoms with Gasteiger partial charge in [-0.2, -0.15) is 8.78 Å². The van der Waals surface area contributed by atoms with Crippen molar-refractivity contribution in [3.05, 3.63) is 29.1 Å². The Bertz CT molecular complexity index is 383. The Morgan fingerprint density at radius 2 is 1.00 bits per heavy atom. The molecule has 7 heteroatoms. The highest BCUT2D eigenvalue weighted by Gasteiger charge is 2.39. The molecule has 0 aliphatic rings. The van der Waals surface area contributed by atoms with Gasteiger partial charge in [-0.05, 0) is 0 Å². The molecule has 0 saturated heterocycles. The maximum Gasteiger partial charge on any atom is 0.207 e. The maximum atomic E-state index is 13.2. The summed E-state index contributed by atoms with van der Waals surface area (Å²) in [6.07, 6.45) is 0. The van der Waals surface area contributed by atoms with Gasteiger partial charge in [0.15, 0.2) is 5.30 Å². The molecule has 0 aromatic heterocycles. The zero-order valence-corrected chi connectivity index (χ0v) is 10.2. The summed E-state index contributed by atoms with van der Waals surface area (Å²) in [6.45, 7) is 2.79. The van der Waals surface area contributed by atoms with E-state index < -0.39 is 40.4 Å². The van der Waals surface area contributed by atoms with Gasteiger partial charge in [-0.1, -0.05) is 0 Å². The molecule has 1 rings (SSSR count). The number of rotatable bonds is 1. The highest BCUT2D eigenvalue weighted by atomic mass is 79.9. The maximum absolute atomic E-state index is 13.2. The molecule has 0 N–H and O–H groups in total. The molecule has 0 atom stereocenters. The Balaban J connectivity index is 3.68. The van der Waals surface area contributed by atoms with E-state index in [1.165, 1.54) is 13.3 Å². The molecule has 0 bridgehead atoms. The molecular weight excluding hydrogens is 302 g/mol. The lowest BCUT2D eigenvalue weighted by Crippen LogP contribution is -2.21. The Kier molecular flexibility index (Phi) is 3.41. The molecule has 0 fully saturated rings. The molecule has 1 aromatic rings. The van der Waals surface area contributed by atoms with Crippen molar-refractivity contribution in [2.45, 2.75) is 0 Å². The molecule has 0 spiro atoms. The number of benzene rings is 1. The van der Waals surface area contributed by atoms with Crippen molar-refractivity contribution >= 4 is 26.8 Å². The topological polar surface area (TPSA) is 0 Å². The van der Waals surface area contributed by atoms with Crippen LogP contribution in [0.4, 0.5) is 22.0 Å². The molecule has 0 heterocycles. The van der Waals surface area contributed by atoms with E-state index >= 15 is 0 Å². The zero-order chi connectivity index (χ0) is 12.0. The molecule has 0 aliphatic carbocycles. The summed E-state index contributed by atoms with van der Waals surface area (Å²) in [5, 5.41) is -0.765. The van der Waals surface area contributed by atoms with Crippen LogP contribution in [0, 0.1) is 29.1 Å². The van der Waals surface area contributed by atoms with Crippen molar-refractivity contribution in [1.29, 1.82) is 0 Å². The fourth-order valence-electron chi connectivity index (χ4n) is 1.06. The summed E-state index contributed by atoms with van der Waals surface area (Å²) < 4.78 is 64.5. The van der Waals surface area contributed by atoms with Crippen LogP contribution in [0.3, 0.4) is 0 Å². The SMILES string of the molecule is C[P+](C)(Br)c1c(F)c(F)c(F)c(F)c1F. The van der Waals surface area contributed by atoms with Crippen LogP contribution in [0.5, 0.6) is 0 Å². The highest BCUT2D eigenvalue weighted by molar-refractivity contribution is 9.42. The Morgan fingerprint density at radius 3 is 1.27 bits per heavy atom. The summed E-state index contributed by atoms with van der Waals surface area (Å²) in [5.41, 5.74) is 0. The molecule has 15 heavy (non-hydrogen) atoms. The normalized spacial score (nSPS) is 12.0. The van der Waals surface area contributed by atoms with Crippen molar-refractivity contribution in [3.63, 3.8) is 0 Å². The lowest BCUT2D eigenvalue weighted by Gasteiger charge is -2.11. The summed E-state index contributed by atoms with van der Waals surface area (Å²) >= 11 is 2.96. The summed E-state index contributed by atoms with van der Waals surface area (Å²) in [6, 6.07) is 0. The van der Waals surface area contributed by atoms with Crippen LogP contribution in [0.1, 0.15) is 0 Å². The second-order valence-electron chi connectivity index (χ2n) is 3.24. The van der Waals surface area contributed by atoms with Gasteiger partial charge < -0.3 is 0 Å². The van der Waals surface area contributed by atoms with Crippen LogP contribution in [0.25, 0.3) is 0 Å². The van der Waals surface area contributed by atoms with E-state index in [0.717, 1.165) is 0 Å². The number of halogens is 6. The van der Waals surface area contributed by atoms with E-state index in [-0.39, 0.29) is 0 Å². The Labute approximate surface area is 91.6 Å². The first kappa shape index (κ1) is 12.8. The van der Waals surface area contributed by atoms with E-state index in [9.17, 15) is 22.0 Å². The quantitative estimate of drug-likeness (QED) is 0.322. The molecular formula is C8H6BrF5P+. The predicted molar refractivity (Wildman–Crippen MR) is 53.6 cm³/mol. The summed E-state index contributed by atoms with van der Waals surface area (Å²) in [4.78, 5) is 0. The van der Waals surface area contributed by atoms with E-state index in [0.29, 0.717) is 0 Å². The van der Waals surface area contributed by atoms with Gasteiger partial charge in [0.05, 0.1) is 13.3 Å². The molecule has 1 aromatic carbocycles. The van der Waals surface area contributed by atoms with Crippen LogP contribution in [-0.2, 0) is 0 Å². The van der Waals surface area contributed by atoms with Crippen molar-refractivity contribution in [2.75, 3.05) is 13.3 Å². The Hall–Kier alpha value is -0.220. The Morgan fingerprint density at radius 1 is 0.733 bits per heavy atom. The number of hydrogen-bond acceptors (Lipinski definition) is 0. The largest absolute Gasteiger partial charge is 0.207 e. The van der Waals surface area contributed by atoms with Gasteiger partial charge in [0.2, 0.25) is 29.1 Å². The van der Waals surface area contributed by atoms with Crippen molar-refractivity contribution in [1.82, 2.24) is 0 Å². The molecule has 0 unspecified atom stereocenters. The first-order valence-electron chi connectivity index (χ1n) is 3.73. The van der Waals surface area contributed by atoms with Gasteiger partial charge in [-0.15, -0.1) is 0 Å². The third-order valence-corrected chi connectivity index (χ3v) is 4.24. The first-order valence-corrected chi connectivity index (χ1v) is 8.43. The second-order valence-corrected chi connectivity index (χ2v) is 11.6. The molecule has 0 nitrogen and oxygen atoms in total. The van der Waals surface area contributed by atoms with Gasteiger partial charge in [-0.3, -0.25) is 0 Å². The van der Waals surface area contributed by atoms with Crippen molar-refractivity contribution in [2.24, 2.45) is 0 Å². The monoisotopic (exact) mass is 307 g/mol. The summed E-state index contributed by atoms with van der Waals surface area (Å²) in [5.74, 6) is -12.0. The average molecular weight is 308 g/mol. The van der Waals surface area contributed by atoms with Crippen LogP contribution >= 0.6 is 21.5 Å². The fraction of sp³-hybridized carbons (Fsp3) is 0.250. The highest BCUT2D eigenvalue weighted by Crippen LogP contribution is 2.59. The van der Waals surface area contributed by atoms with E-state index in [2.05, 4.69) is 15.5 Å². The van der Waals surface area contributed by atoms with Crippen LogP contribution in [0.15, 0.2) is 0 Å². The first-order chi connectivity index (χ1) is 6.68. The molecule has 0 aliphatic heterocycles.